The lowest BCUT2D eigenvalue weighted by Gasteiger charge is -2.56. The largest absolute Gasteiger partial charge is 0.461 e. The van der Waals surface area contributed by atoms with E-state index >= 15 is 0 Å². The molecule has 3 amide bonds. The summed E-state index contributed by atoms with van der Waals surface area (Å²) < 4.78 is 17.1. The van der Waals surface area contributed by atoms with Gasteiger partial charge in [0.05, 0.1) is 10.8 Å². The number of hydrogen-bond acceptors (Lipinski definition) is 10. The molecule has 2 aromatic rings. The maximum Gasteiger partial charge on any atom is 0.407 e. The minimum absolute atomic E-state index is 0.0723. The number of carbonyl (C=O) groups excluding carboxylic acids is 5. The van der Waals surface area contributed by atoms with E-state index in [1.807, 2.05) is 39.8 Å². The highest BCUT2D eigenvalue weighted by Gasteiger charge is 2.61. The summed E-state index contributed by atoms with van der Waals surface area (Å²) in [6.45, 7) is 18.0. The fraction of sp³-hybridized carbons (Fsp3) is 0.644. The van der Waals surface area contributed by atoms with E-state index in [1.54, 1.807) is 51.2 Å². The van der Waals surface area contributed by atoms with E-state index in [-0.39, 0.29) is 60.3 Å². The molecule has 3 aliphatic rings. The van der Waals surface area contributed by atoms with Crippen LogP contribution in [0.5, 0.6) is 0 Å². The second-order valence-electron chi connectivity index (χ2n) is 18.9. The molecule has 318 valence electrons. The zero-order chi connectivity index (χ0) is 42.5. The van der Waals surface area contributed by atoms with Crippen LogP contribution in [0.15, 0.2) is 47.6 Å². The molecule has 5 rings (SSSR count). The van der Waals surface area contributed by atoms with Crippen LogP contribution in [-0.2, 0) is 36.9 Å². The predicted molar refractivity (Wildman–Crippen MR) is 223 cm³/mol. The summed E-state index contributed by atoms with van der Waals surface area (Å²) in [6.07, 6.45) is 6.17. The van der Waals surface area contributed by atoms with Gasteiger partial charge >= 0.3 is 18.2 Å². The topological polar surface area (TPSA) is 162 Å². The van der Waals surface area contributed by atoms with E-state index < -0.39 is 34.9 Å². The van der Waals surface area contributed by atoms with Crippen LogP contribution in [0.2, 0.25) is 0 Å². The Morgan fingerprint density at radius 1 is 0.845 bits per heavy atom. The van der Waals surface area contributed by atoms with E-state index in [4.69, 9.17) is 14.2 Å². The normalized spacial score (nSPS) is 27.0. The number of nitrogens with one attached hydrogen (secondary N) is 3. The molecule has 3 saturated carbocycles. The number of pyridine rings is 1. The van der Waals surface area contributed by atoms with E-state index in [0.29, 0.717) is 35.3 Å². The van der Waals surface area contributed by atoms with Crippen molar-refractivity contribution in [3.05, 3.63) is 59.3 Å². The van der Waals surface area contributed by atoms with Crippen LogP contribution in [0.3, 0.4) is 0 Å². The standard InChI is InChI=1S/C45H64N4O8S/c1-28-18-20-45-19-10-11-33(45)37(28)34(55-36(50)27-58-35-17-14-31(25-47-35)26-49-41(54)57-43(6,7)8)23-44(9,38(51)29(45)2)21-22-46-39(52)32-15-12-30(13-16-32)24-48-40(53)56-42(3,4)5/h12-17,25,28-29,33-34,37H,10-11,18-24,26-27H2,1-9H3,(H,46,52)(H,48,53)(H,49,54)/t28-,29+,33?,34-,37?,44+,45-/m1/s1. The zero-order valence-corrected chi connectivity index (χ0v) is 36.6. The lowest BCUT2D eigenvalue weighted by atomic mass is 9.49. The van der Waals surface area contributed by atoms with Gasteiger partial charge in [-0.1, -0.05) is 57.2 Å². The molecule has 1 heterocycles. The SMILES string of the molecule is C[C@@H]1CC[C@@]23CCCC2C1[C@H](OC(=O)CSc1ccc(CNC(=O)OC(C)(C)C)cn1)C[C@](C)(CCNC(=O)c1ccc(CNC(=O)OC(C)(C)C)cc1)C(=O)[C@@H]3C. The van der Waals surface area contributed by atoms with Crippen molar-refractivity contribution in [3.8, 4) is 0 Å². The van der Waals surface area contributed by atoms with Gasteiger partial charge in [0.15, 0.2) is 0 Å². The first-order valence-electron chi connectivity index (χ1n) is 20.8. The molecule has 0 aliphatic heterocycles. The number of amides is 3. The molecule has 3 fully saturated rings. The van der Waals surface area contributed by atoms with Crippen molar-refractivity contribution in [1.82, 2.24) is 20.9 Å². The van der Waals surface area contributed by atoms with Crippen LogP contribution in [0, 0.1) is 34.5 Å². The van der Waals surface area contributed by atoms with Crippen molar-refractivity contribution in [2.45, 2.75) is 143 Å². The monoisotopic (exact) mass is 820 g/mol. The summed E-state index contributed by atoms with van der Waals surface area (Å²) in [5.41, 5.74) is -0.00592. The third kappa shape index (κ3) is 11.5. The van der Waals surface area contributed by atoms with Crippen LogP contribution in [0.25, 0.3) is 0 Å². The first kappa shape index (κ1) is 45.0. The van der Waals surface area contributed by atoms with Crippen LogP contribution >= 0.6 is 11.8 Å². The van der Waals surface area contributed by atoms with E-state index in [0.717, 1.165) is 43.2 Å². The average Bonchev–Trinajstić information content (AvgIpc) is 3.58. The van der Waals surface area contributed by atoms with Gasteiger partial charge in [-0.05, 0) is 127 Å². The Hall–Kier alpha value is -4.13. The minimum atomic E-state index is -0.817. The number of aromatic nitrogens is 1. The number of ether oxygens (including phenoxy) is 3. The summed E-state index contributed by atoms with van der Waals surface area (Å²) in [6, 6.07) is 10.7. The van der Waals surface area contributed by atoms with Crippen molar-refractivity contribution in [2.75, 3.05) is 12.3 Å². The predicted octanol–water partition coefficient (Wildman–Crippen LogP) is 8.40. The molecular weight excluding hydrogens is 757 g/mol. The fourth-order valence-electron chi connectivity index (χ4n) is 9.53. The number of ketones is 1. The van der Waals surface area contributed by atoms with Crippen LogP contribution in [-0.4, -0.2) is 64.4 Å². The van der Waals surface area contributed by atoms with Crippen molar-refractivity contribution >= 4 is 41.6 Å². The first-order chi connectivity index (χ1) is 27.2. The summed E-state index contributed by atoms with van der Waals surface area (Å²) in [5.74, 6) is 0.365. The average molecular weight is 821 g/mol. The Morgan fingerprint density at radius 3 is 2.07 bits per heavy atom. The van der Waals surface area contributed by atoms with Gasteiger partial charge in [-0.3, -0.25) is 14.4 Å². The molecule has 1 aromatic carbocycles. The molecule has 3 aliphatic carbocycles. The summed E-state index contributed by atoms with van der Waals surface area (Å²) in [4.78, 5) is 70.2. The molecule has 13 heteroatoms. The van der Waals surface area contributed by atoms with Crippen LogP contribution < -0.4 is 16.0 Å². The molecule has 2 bridgehead atoms. The third-order valence-corrected chi connectivity index (χ3v) is 13.2. The molecule has 58 heavy (non-hydrogen) atoms. The minimum Gasteiger partial charge on any atom is -0.461 e. The number of hydrogen-bond donors (Lipinski definition) is 3. The Labute approximate surface area is 348 Å². The number of alkyl carbamates (subject to hydrolysis) is 2. The molecule has 2 unspecified atom stereocenters. The number of esters is 1. The van der Waals surface area contributed by atoms with Crippen molar-refractivity contribution in [1.29, 1.82) is 0 Å². The maximum absolute atomic E-state index is 14.7. The van der Waals surface area contributed by atoms with E-state index in [2.05, 4.69) is 34.8 Å². The summed E-state index contributed by atoms with van der Waals surface area (Å²) in [5, 5.41) is 9.15. The Kier molecular flexibility index (Phi) is 14.3. The summed E-state index contributed by atoms with van der Waals surface area (Å²) >= 11 is 1.30. The smallest absolute Gasteiger partial charge is 0.407 e. The van der Waals surface area contributed by atoms with Gasteiger partial charge in [0.2, 0.25) is 0 Å². The fourth-order valence-corrected chi connectivity index (χ4v) is 10.2. The molecule has 3 N–H and O–H groups in total. The quantitative estimate of drug-likeness (QED) is 0.108. The molecule has 0 spiro atoms. The molecule has 0 saturated heterocycles. The maximum atomic E-state index is 14.7. The van der Waals surface area contributed by atoms with E-state index in [9.17, 15) is 24.0 Å². The molecule has 0 radical (unpaired) electrons. The highest BCUT2D eigenvalue weighted by molar-refractivity contribution is 7.99. The van der Waals surface area contributed by atoms with Crippen molar-refractivity contribution < 1.29 is 38.2 Å². The molecule has 12 nitrogen and oxygen atoms in total. The van der Waals surface area contributed by atoms with Gasteiger partial charge in [0.1, 0.15) is 23.1 Å². The van der Waals surface area contributed by atoms with Crippen LogP contribution in [0.1, 0.15) is 129 Å². The highest BCUT2D eigenvalue weighted by atomic mass is 32.2. The van der Waals surface area contributed by atoms with Gasteiger partial charge in [0, 0.05) is 48.6 Å². The van der Waals surface area contributed by atoms with Crippen molar-refractivity contribution in [3.63, 3.8) is 0 Å². The second kappa shape index (κ2) is 18.4. The molecule has 1 aromatic heterocycles. The third-order valence-electron chi connectivity index (χ3n) is 12.3. The second-order valence-corrected chi connectivity index (χ2v) is 19.9. The lowest BCUT2D eigenvalue weighted by molar-refractivity contribution is -0.171. The zero-order valence-electron chi connectivity index (χ0n) is 35.8. The van der Waals surface area contributed by atoms with Crippen LogP contribution in [0.4, 0.5) is 9.59 Å². The van der Waals surface area contributed by atoms with Gasteiger partial charge < -0.3 is 30.2 Å². The first-order valence-corrected chi connectivity index (χ1v) is 21.8. The van der Waals surface area contributed by atoms with Crippen molar-refractivity contribution in [2.24, 2.45) is 34.5 Å². The number of carbonyl (C=O) groups is 5. The number of Topliss-reactive ketones (excluding diaryl/α,β-unsaturated/α-hetero) is 1. The van der Waals surface area contributed by atoms with Gasteiger partial charge in [-0.15, -0.1) is 0 Å². The van der Waals surface area contributed by atoms with E-state index in [1.165, 1.54) is 11.8 Å². The van der Waals surface area contributed by atoms with Gasteiger partial charge in [0.25, 0.3) is 5.91 Å². The van der Waals surface area contributed by atoms with Gasteiger partial charge in [-0.2, -0.15) is 0 Å². The highest BCUT2D eigenvalue weighted by Crippen LogP contribution is 2.64. The number of rotatable bonds is 12. The van der Waals surface area contributed by atoms with Gasteiger partial charge in [-0.25, -0.2) is 14.6 Å². The Bertz CT molecular complexity index is 1790. The lowest BCUT2D eigenvalue weighted by Crippen LogP contribution is -2.56. The number of thioether (sulfide) groups is 1. The molecular formula is C45H64N4O8S. The number of nitrogens with zero attached hydrogens (tertiary/aromatic N) is 1. The Morgan fingerprint density at radius 2 is 1.47 bits per heavy atom. The number of benzene rings is 1. The Balaban J connectivity index is 1.22. The molecule has 7 atom stereocenters. The summed E-state index contributed by atoms with van der Waals surface area (Å²) in [7, 11) is 0.